The molecule has 13 heavy (non-hydrogen) atoms. The minimum absolute atomic E-state index is 0.0761. The van der Waals surface area contributed by atoms with Gasteiger partial charge in [0.15, 0.2) is 0 Å². The predicted molar refractivity (Wildman–Crippen MR) is 55.7 cm³/mol. The topological polar surface area (TPSA) is 80.8 Å². The first-order valence-electron chi connectivity index (χ1n) is 4.36. The van der Waals surface area contributed by atoms with Crippen LogP contribution in [0.25, 0.3) is 0 Å². The molecule has 0 bridgehead atoms. The SMILES string of the molecule is CC.Cn1c(CN)ccc1C(=N)N. The second kappa shape index (κ2) is 5.37. The largest absolute Gasteiger partial charge is 0.382 e. The monoisotopic (exact) mass is 182 g/mol. The van der Waals surface area contributed by atoms with E-state index < -0.39 is 0 Å². The fraction of sp³-hybridized carbons (Fsp3) is 0.444. The lowest BCUT2D eigenvalue weighted by Crippen LogP contribution is -2.16. The maximum atomic E-state index is 7.18. The summed E-state index contributed by atoms with van der Waals surface area (Å²) in [5.74, 6) is 0.0761. The molecule has 5 N–H and O–H groups in total. The smallest absolute Gasteiger partial charge is 0.139 e. The Morgan fingerprint density at radius 1 is 1.46 bits per heavy atom. The third-order valence-corrected chi connectivity index (χ3v) is 1.71. The van der Waals surface area contributed by atoms with Crippen LogP contribution in [0.15, 0.2) is 12.1 Å². The molecule has 0 atom stereocenters. The van der Waals surface area contributed by atoms with Crippen molar-refractivity contribution in [3.05, 3.63) is 23.5 Å². The van der Waals surface area contributed by atoms with Crippen LogP contribution >= 0.6 is 0 Å². The molecule has 0 aromatic carbocycles. The summed E-state index contributed by atoms with van der Waals surface area (Å²) in [5.41, 5.74) is 12.4. The van der Waals surface area contributed by atoms with Gasteiger partial charge in [0, 0.05) is 19.3 Å². The number of hydrogen-bond donors (Lipinski definition) is 3. The molecular weight excluding hydrogens is 164 g/mol. The van der Waals surface area contributed by atoms with Gasteiger partial charge in [0.25, 0.3) is 0 Å². The normalized spacial score (nSPS) is 8.92. The zero-order valence-corrected chi connectivity index (χ0v) is 8.46. The van der Waals surface area contributed by atoms with Crippen molar-refractivity contribution in [1.82, 2.24) is 4.57 Å². The Kier molecular flexibility index (Phi) is 4.84. The predicted octanol–water partition coefficient (Wildman–Crippen LogP) is 0.794. The van der Waals surface area contributed by atoms with Gasteiger partial charge in [0.2, 0.25) is 0 Å². The summed E-state index contributed by atoms with van der Waals surface area (Å²) in [5, 5.41) is 7.18. The molecule has 74 valence electrons. The van der Waals surface area contributed by atoms with Gasteiger partial charge >= 0.3 is 0 Å². The quantitative estimate of drug-likeness (QED) is 0.467. The van der Waals surface area contributed by atoms with E-state index in [0.717, 1.165) is 5.69 Å². The molecule has 0 fully saturated rings. The number of amidine groups is 1. The van der Waals surface area contributed by atoms with Crippen LogP contribution in [-0.4, -0.2) is 10.4 Å². The van der Waals surface area contributed by atoms with Gasteiger partial charge in [-0.2, -0.15) is 0 Å². The standard InChI is InChI=1S/C7H12N4.C2H6/c1-11-5(4-8)2-3-6(11)7(9)10;1-2/h2-3H,4,8H2,1H3,(H3,9,10);1-2H3. The van der Waals surface area contributed by atoms with Gasteiger partial charge in [-0.15, -0.1) is 0 Å². The molecule has 1 aromatic heterocycles. The maximum absolute atomic E-state index is 7.18. The van der Waals surface area contributed by atoms with Crippen LogP contribution in [0.2, 0.25) is 0 Å². The molecule has 1 heterocycles. The molecule has 0 aliphatic rings. The number of nitrogens with two attached hydrogens (primary N) is 2. The van der Waals surface area contributed by atoms with Crippen molar-refractivity contribution in [2.24, 2.45) is 18.5 Å². The van der Waals surface area contributed by atoms with Crippen LogP contribution in [0.5, 0.6) is 0 Å². The summed E-state index contributed by atoms with van der Waals surface area (Å²) in [6, 6.07) is 3.67. The lowest BCUT2D eigenvalue weighted by Gasteiger charge is -2.03. The molecule has 0 amide bonds. The van der Waals surface area contributed by atoms with E-state index in [4.69, 9.17) is 16.9 Å². The van der Waals surface area contributed by atoms with E-state index >= 15 is 0 Å². The van der Waals surface area contributed by atoms with Crippen molar-refractivity contribution in [2.75, 3.05) is 0 Å². The molecule has 4 nitrogen and oxygen atoms in total. The number of rotatable bonds is 2. The average Bonchev–Trinajstić information content (AvgIpc) is 2.50. The summed E-state index contributed by atoms with van der Waals surface area (Å²) in [7, 11) is 1.85. The summed E-state index contributed by atoms with van der Waals surface area (Å²) < 4.78 is 1.82. The van der Waals surface area contributed by atoms with Gasteiger partial charge in [0.1, 0.15) is 5.84 Å². The summed E-state index contributed by atoms with van der Waals surface area (Å²) in [6.45, 7) is 4.48. The van der Waals surface area contributed by atoms with Crippen LogP contribution < -0.4 is 11.5 Å². The molecule has 0 saturated carbocycles. The molecule has 0 saturated heterocycles. The van der Waals surface area contributed by atoms with Gasteiger partial charge in [-0.1, -0.05) is 13.8 Å². The third kappa shape index (κ3) is 2.59. The van der Waals surface area contributed by atoms with Crippen LogP contribution in [0, 0.1) is 5.41 Å². The Morgan fingerprint density at radius 3 is 2.23 bits per heavy atom. The Labute approximate surface area is 79.0 Å². The van der Waals surface area contributed by atoms with Gasteiger partial charge < -0.3 is 16.0 Å². The Morgan fingerprint density at radius 2 is 2.00 bits per heavy atom. The molecule has 0 radical (unpaired) electrons. The third-order valence-electron chi connectivity index (χ3n) is 1.71. The van der Waals surface area contributed by atoms with Crippen molar-refractivity contribution in [1.29, 1.82) is 5.41 Å². The molecular formula is C9H18N4. The van der Waals surface area contributed by atoms with Gasteiger partial charge in [-0.05, 0) is 12.1 Å². The van der Waals surface area contributed by atoms with E-state index in [1.54, 1.807) is 6.07 Å². The van der Waals surface area contributed by atoms with Crippen molar-refractivity contribution >= 4 is 5.84 Å². The van der Waals surface area contributed by atoms with Crippen molar-refractivity contribution in [3.63, 3.8) is 0 Å². The minimum Gasteiger partial charge on any atom is -0.382 e. The fourth-order valence-electron chi connectivity index (χ4n) is 1.03. The van der Waals surface area contributed by atoms with Crippen molar-refractivity contribution in [3.8, 4) is 0 Å². The molecule has 4 heteroatoms. The molecule has 0 unspecified atom stereocenters. The van der Waals surface area contributed by atoms with Gasteiger partial charge in [0.05, 0.1) is 5.69 Å². The van der Waals surface area contributed by atoms with Crippen LogP contribution in [0.3, 0.4) is 0 Å². The van der Waals surface area contributed by atoms with E-state index in [-0.39, 0.29) is 5.84 Å². The first-order chi connectivity index (χ1) is 6.16. The van der Waals surface area contributed by atoms with Gasteiger partial charge in [-0.3, -0.25) is 5.41 Å². The Hall–Kier alpha value is -1.29. The van der Waals surface area contributed by atoms with Gasteiger partial charge in [-0.25, -0.2) is 0 Å². The summed E-state index contributed by atoms with van der Waals surface area (Å²) >= 11 is 0. The van der Waals surface area contributed by atoms with E-state index in [2.05, 4.69) is 0 Å². The zero-order valence-electron chi connectivity index (χ0n) is 8.46. The van der Waals surface area contributed by atoms with Crippen molar-refractivity contribution in [2.45, 2.75) is 20.4 Å². The van der Waals surface area contributed by atoms with Crippen LogP contribution in [0.4, 0.5) is 0 Å². The number of hydrogen-bond acceptors (Lipinski definition) is 2. The lowest BCUT2D eigenvalue weighted by molar-refractivity contribution is 0.815. The zero-order chi connectivity index (χ0) is 10.4. The highest BCUT2D eigenvalue weighted by atomic mass is 15.0. The fourth-order valence-corrected chi connectivity index (χ4v) is 1.03. The lowest BCUT2D eigenvalue weighted by atomic mass is 10.4. The van der Waals surface area contributed by atoms with E-state index in [1.807, 2.05) is 31.5 Å². The Balaban J connectivity index is 0.000000671. The molecule has 0 aliphatic carbocycles. The Bertz CT molecular complexity index is 275. The molecule has 1 rings (SSSR count). The first-order valence-corrected chi connectivity index (χ1v) is 4.36. The first kappa shape index (κ1) is 11.7. The average molecular weight is 182 g/mol. The van der Waals surface area contributed by atoms with Crippen molar-refractivity contribution < 1.29 is 0 Å². The number of nitrogens with one attached hydrogen (secondary N) is 1. The van der Waals surface area contributed by atoms with E-state index in [9.17, 15) is 0 Å². The van der Waals surface area contributed by atoms with E-state index in [1.165, 1.54) is 0 Å². The maximum Gasteiger partial charge on any atom is 0.139 e. The summed E-state index contributed by atoms with van der Waals surface area (Å²) in [6.07, 6.45) is 0. The second-order valence-corrected chi connectivity index (χ2v) is 2.39. The highest BCUT2D eigenvalue weighted by Crippen LogP contribution is 2.04. The molecule has 0 aliphatic heterocycles. The second-order valence-electron chi connectivity index (χ2n) is 2.39. The van der Waals surface area contributed by atoms with E-state index in [0.29, 0.717) is 12.2 Å². The minimum atomic E-state index is 0.0761. The number of nitrogen functional groups attached to an aromatic ring is 1. The highest BCUT2D eigenvalue weighted by Gasteiger charge is 2.03. The number of nitrogens with zero attached hydrogens (tertiary/aromatic N) is 1. The van der Waals surface area contributed by atoms with Crippen LogP contribution in [0.1, 0.15) is 25.2 Å². The molecule has 0 spiro atoms. The number of aromatic nitrogens is 1. The molecule has 1 aromatic rings. The van der Waals surface area contributed by atoms with Crippen LogP contribution in [-0.2, 0) is 13.6 Å². The highest BCUT2D eigenvalue weighted by molar-refractivity contribution is 5.93. The summed E-state index contributed by atoms with van der Waals surface area (Å²) in [4.78, 5) is 0.